The maximum atomic E-state index is 12.8. The summed E-state index contributed by atoms with van der Waals surface area (Å²) in [7, 11) is 0. The monoisotopic (exact) mass is 360 g/mol. The molecule has 1 aliphatic rings. The Labute approximate surface area is 152 Å². The fraction of sp³-hybridized carbons (Fsp3) is 0.474. The van der Waals surface area contributed by atoms with Crippen LogP contribution >= 0.6 is 0 Å². The quantitative estimate of drug-likeness (QED) is 0.710. The smallest absolute Gasteiger partial charge is 0.271 e. The Balaban J connectivity index is 1.32. The largest absolute Gasteiger partial charge is 0.494 e. The summed E-state index contributed by atoms with van der Waals surface area (Å²) in [6, 6.07) is 8.05. The van der Waals surface area contributed by atoms with Crippen molar-refractivity contribution in [3.05, 3.63) is 48.0 Å². The van der Waals surface area contributed by atoms with Crippen LogP contribution in [0.4, 0.5) is 4.39 Å². The Morgan fingerprint density at radius 2 is 2.15 bits per heavy atom. The van der Waals surface area contributed by atoms with Crippen LogP contribution in [0.25, 0.3) is 0 Å². The Kier molecular flexibility index (Phi) is 6.60. The molecule has 1 saturated heterocycles. The lowest BCUT2D eigenvalue weighted by Gasteiger charge is -2.22. The summed E-state index contributed by atoms with van der Waals surface area (Å²) in [6.07, 6.45) is 5.71. The summed E-state index contributed by atoms with van der Waals surface area (Å²) in [4.78, 5) is 12.2. The second kappa shape index (κ2) is 9.33. The number of halogens is 1. The minimum absolute atomic E-state index is 0.146. The second-order valence-electron chi connectivity index (χ2n) is 6.45. The fourth-order valence-electron chi connectivity index (χ4n) is 2.96. The number of hydrogen-bond donors (Lipinski definition) is 2. The molecule has 0 bridgehead atoms. The molecule has 0 aliphatic carbocycles. The molecule has 3 rings (SSSR count). The van der Waals surface area contributed by atoms with Crippen molar-refractivity contribution in [2.75, 3.05) is 26.2 Å². The van der Waals surface area contributed by atoms with Gasteiger partial charge in [-0.3, -0.25) is 9.48 Å². The van der Waals surface area contributed by atoms with E-state index in [-0.39, 0.29) is 11.7 Å². The highest BCUT2D eigenvalue weighted by Crippen LogP contribution is 2.15. The molecule has 1 fully saturated rings. The van der Waals surface area contributed by atoms with Crippen molar-refractivity contribution in [3.8, 4) is 5.75 Å². The molecular weight excluding hydrogens is 335 g/mol. The zero-order valence-electron chi connectivity index (χ0n) is 14.8. The molecule has 1 atom stereocenters. The van der Waals surface area contributed by atoms with E-state index >= 15 is 0 Å². The highest BCUT2D eigenvalue weighted by Gasteiger charge is 2.17. The van der Waals surface area contributed by atoms with E-state index in [1.54, 1.807) is 18.2 Å². The number of amides is 1. The first-order valence-corrected chi connectivity index (χ1v) is 9.15. The lowest BCUT2D eigenvalue weighted by atomic mass is 10.1. The zero-order valence-corrected chi connectivity index (χ0v) is 14.8. The minimum atomic E-state index is -0.276. The number of piperidine rings is 1. The highest BCUT2D eigenvalue weighted by molar-refractivity contribution is 5.92. The van der Waals surface area contributed by atoms with E-state index in [9.17, 15) is 9.18 Å². The van der Waals surface area contributed by atoms with Gasteiger partial charge in [0.25, 0.3) is 5.91 Å². The Morgan fingerprint density at radius 1 is 1.31 bits per heavy atom. The van der Waals surface area contributed by atoms with Crippen LogP contribution in [-0.2, 0) is 0 Å². The number of benzene rings is 1. The minimum Gasteiger partial charge on any atom is -0.494 e. The molecule has 26 heavy (non-hydrogen) atoms. The molecule has 2 heterocycles. The number of aromatic nitrogens is 2. The molecule has 6 nitrogen and oxygen atoms in total. The van der Waals surface area contributed by atoms with E-state index in [0.29, 0.717) is 30.6 Å². The first kappa shape index (κ1) is 18.4. The third kappa shape index (κ3) is 5.29. The average Bonchev–Trinajstić information content (AvgIpc) is 3.17. The second-order valence-corrected chi connectivity index (χ2v) is 6.45. The molecule has 0 saturated carbocycles. The van der Waals surface area contributed by atoms with Crippen LogP contribution in [0.2, 0.25) is 0 Å². The molecule has 0 spiro atoms. The van der Waals surface area contributed by atoms with E-state index < -0.39 is 0 Å². The van der Waals surface area contributed by atoms with Crippen molar-refractivity contribution in [1.29, 1.82) is 0 Å². The summed E-state index contributed by atoms with van der Waals surface area (Å²) < 4.78 is 20.2. The van der Waals surface area contributed by atoms with Crippen molar-refractivity contribution in [3.63, 3.8) is 0 Å². The lowest BCUT2D eigenvalue weighted by Crippen LogP contribution is -2.32. The molecule has 7 heteroatoms. The van der Waals surface area contributed by atoms with E-state index in [0.717, 1.165) is 38.8 Å². The van der Waals surface area contributed by atoms with Gasteiger partial charge in [-0.2, -0.15) is 5.10 Å². The number of nitrogens with one attached hydrogen (secondary N) is 2. The maximum Gasteiger partial charge on any atom is 0.271 e. The molecular formula is C19H25FN4O2. The van der Waals surface area contributed by atoms with Gasteiger partial charge in [-0.05, 0) is 62.6 Å². The van der Waals surface area contributed by atoms with Crippen molar-refractivity contribution in [1.82, 2.24) is 20.4 Å². The van der Waals surface area contributed by atoms with Crippen LogP contribution < -0.4 is 15.4 Å². The van der Waals surface area contributed by atoms with Gasteiger partial charge in [-0.1, -0.05) is 0 Å². The van der Waals surface area contributed by atoms with Gasteiger partial charge in [0.1, 0.15) is 17.3 Å². The maximum absolute atomic E-state index is 12.8. The van der Waals surface area contributed by atoms with Gasteiger partial charge < -0.3 is 15.4 Å². The van der Waals surface area contributed by atoms with Crippen LogP contribution in [-0.4, -0.2) is 41.9 Å². The van der Waals surface area contributed by atoms with Crippen LogP contribution in [0.3, 0.4) is 0 Å². The molecule has 1 aromatic carbocycles. The highest BCUT2D eigenvalue weighted by atomic mass is 19.1. The predicted molar refractivity (Wildman–Crippen MR) is 96.8 cm³/mol. The van der Waals surface area contributed by atoms with Crippen molar-refractivity contribution in [2.45, 2.75) is 31.7 Å². The van der Waals surface area contributed by atoms with Crippen LogP contribution in [0.1, 0.15) is 42.2 Å². The topological polar surface area (TPSA) is 68.2 Å². The first-order valence-electron chi connectivity index (χ1n) is 9.15. The van der Waals surface area contributed by atoms with E-state index in [1.165, 1.54) is 12.1 Å². The van der Waals surface area contributed by atoms with Gasteiger partial charge in [0.15, 0.2) is 0 Å². The van der Waals surface area contributed by atoms with Gasteiger partial charge in [0.05, 0.1) is 12.6 Å². The molecule has 1 aromatic heterocycles. The van der Waals surface area contributed by atoms with E-state index in [2.05, 4.69) is 15.7 Å². The van der Waals surface area contributed by atoms with Crippen molar-refractivity contribution < 1.29 is 13.9 Å². The number of hydrogen-bond acceptors (Lipinski definition) is 4. The number of carbonyl (C=O) groups is 1. The third-order valence-corrected chi connectivity index (χ3v) is 4.43. The summed E-state index contributed by atoms with van der Waals surface area (Å²) in [6.45, 7) is 3.06. The Morgan fingerprint density at radius 3 is 2.92 bits per heavy atom. The molecule has 2 aromatic rings. The zero-order chi connectivity index (χ0) is 18.2. The normalized spacial score (nSPS) is 17.0. The molecule has 1 unspecified atom stereocenters. The van der Waals surface area contributed by atoms with Crippen LogP contribution in [0.15, 0.2) is 36.5 Å². The Bertz CT molecular complexity index is 696. The van der Waals surface area contributed by atoms with Crippen LogP contribution in [0.5, 0.6) is 5.75 Å². The van der Waals surface area contributed by atoms with Gasteiger partial charge in [0.2, 0.25) is 0 Å². The number of ether oxygens (including phenoxy) is 1. The van der Waals surface area contributed by atoms with Gasteiger partial charge in [-0.15, -0.1) is 0 Å². The molecule has 0 radical (unpaired) electrons. The number of rotatable bonds is 8. The van der Waals surface area contributed by atoms with Crippen molar-refractivity contribution in [2.24, 2.45) is 0 Å². The molecule has 2 N–H and O–H groups in total. The van der Waals surface area contributed by atoms with Crippen LogP contribution in [0, 0.1) is 5.82 Å². The lowest BCUT2D eigenvalue weighted by molar-refractivity contribution is 0.0946. The number of nitrogens with zero attached hydrogens (tertiary/aromatic N) is 2. The van der Waals surface area contributed by atoms with Gasteiger partial charge >= 0.3 is 0 Å². The number of unbranched alkanes of at least 4 members (excludes halogenated alkanes) is 1. The summed E-state index contributed by atoms with van der Waals surface area (Å²) in [5.41, 5.74) is 0.457. The third-order valence-electron chi connectivity index (χ3n) is 4.43. The van der Waals surface area contributed by atoms with Crippen molar-refractivity contribution >= 4 is 5.91 Å². The first-order chi connectivity index (χ1) is 12.7. The summed E-state index contributed by atoms with van der Waals surface area (Å²) in [5.74, 6) is 0.229. The number of carbonyl (C=O) groups excluding carboxylic acids is 1. The van der Waals surface area contributed by atoms with Gasteiger partial charge in [0, 0.05) is 19.3 Å². The van der Waals surface area contributed by atoms with Gasteiger partial charge in [-0.25, -0.2) is 4.39 Å². The standard InChI is InChI=1S/C19H25FN4O2/c20-15-5-7-17(8-6-15)26-13-2-1-11-22-19(25)18-9-12-24(23-18)16-4-3-10-21-14-16/h5-9,12,16,21H,1-4,10-11,13-14H2,(H,22,25). The molecule has 1 aliphatic heterocycles. The SMILES string of the molecule is O=C(NCCCCOc1ccc(F)cc1)c1ccn(C2CCCNC2)n1. The summed E-state index contributed by atoms with van der Waals surface area (Å²) >= 11 is 0. The summed E-state index contributed by atoms with van der Waals surface area (Å²) in [5, 5.41) is 10.6. The predicted octanol–water partition coefficient (Wildman–Crippen LogP) is 2.54. The van der Waals surface area contributed by atoms with E-state index in [4.69, 9.17) is 4.74 Å². The average molecular weight is 360 g/mol. The Hall–Kier alpha value is -2.41. The van der Waals surface area contributed by atoms with E-state index in [1.807, 2.05) is 10.9 Å². The fourth-order valence-corrected chi connectivity index (χ4v) is 2.96. The molecule has 140 valence electrons. The molecule has 1 amide bonds.